The second-order valence-corrected chi connectivity index (χ2v) is 6.08. The van der Waals surface area contributed by atoms with Crippen LogP contribution in [0.4, 0.5) is 5.69 Å². The molecule has 0 aliphatic carbocycles. The van der Waals surface area contributed by atoms with Crippen LogP contribution in [-0.4, -0.2) is 17.3 Å². The van der Waals surface area contributed by atoms with E-state index in [1.807, 2.05) is 48.5 Å². The van der Waals surface area contributed by atoms with Gasteiger partial charge in [-0.1, -0.05) is 41.9 Å². The molecular formula is C21H17ClN2O3. The molecule has 0 amide bonds. The van der Waals surface area contributed by atoms with Gasteiger partial charge < -0.3 is 9.84 Å². The summed E-state index contributed by atoms with van der Waals surface area (Å²) in [7, 11) is 0. The molecule has 5 nitrogen and oxygen atoms in total. The Morgan fingerprint density at radius 3 is 2.48 bits per heavy atom. The number of hydrazone groups is 1. The summed E-state index contributed by atoms with van der Waals surface area (Å²) in [5.41, 5.74) is 5.12. The fraction of sp³-hybridized carbons (Fsp3) is 0.0476. The minimum absolute atomic E-state index is 0.165. The van der Waals surface area contributed by atoms with E-state index in [1.54, 1.807) is 24.4 Å². The van der Waals surface area contributed by atoms with Crippen LogP contribution in [0.1, 0.15) is 21.5 Å². The van der Waals surface area contributed by atoms with Gasteiger partial charge in [0.2, 0.25) is 0 Å². The lowest BCUT2D eigenvalue weighted by Crippen LogP contribution is -2.02. The highest BCUT2D eigenvalue weighted by molar-refractivity contribution is 6.31. The van der Waals surface area contributed by atoms with Crippen LogP contribution >= 0.6 is 11.6 Å². The van der Waals surface area contributed by atoms with E-state index in [9.17, 15) is 4.79 Å². The van der Waals surface area contributed by atoms with Crippen molar-refractivity contribution in [3.63, 3.8) is 0 Å². The number of nitrogens with one attached hydrogen (secondary N) is 1. The molecule has 3 aromatic rings. The zero-order valence-electron chi connectivity index (χ0n) is 14.3. The SMILES string of the molecule is O=C(O)c1ccccc1N/N=C/c1ccc(OCc2ccccc2Cl)cc1. The molecule has 0 spiro atoms. The summed E-state index contributed by atoms with van der Waals surface area (Å²) in [5.74, 6) is -0.287. The Kier molecular flexibility index (Phi) is 6.07. The first kappa shape index (κ1) is 18.5. The van der Waals surface area contributed by atoms with E-state index in [0.717, 1.165) is 16.9 Å². The van der Waals surface area contributed by atoms with Crippen LogP contribution in [0.15, 0.2) is 77.9 Å². The first-order valence-corrected chi connectivity index (χ1v) is 8.59. The summed E-state index contributed by atoms with van der Waals surface area (Å²) < 4.78 is 5.73. The van der Waals surface area contributed by atoms with Gasteiger partial charge in [0.25, 0.3) is 0 Å². The molecule has 0 unspecified atom stereocenters. The van der Waals surface area contributed by atoms with Crippen LogP contribution in [0.25, 0.3) is 0 Å². The lowest BCUT2D eigenvalue weighted by molar-refractivity contribution is 0.0698. The summed E-state index contributed by atoms with van der Waals surface area (Å²) in [6.07, 6.45) is 1.61. The van der Waals surface area contributed by atoms with E-state index in [2.05, 4.69) is 10.5 Å². The van der Waals surface area contributed by atoms with Gasteiger partial charge in [0, 0.05) is 10.6 Å². The number of aromatic carboxylic acids is 1. The largest absolute Gasteiger partial charge is 0.489 e. The molecule has 0 radical (unpaired) electrons. The Morgan fingerprint density at radius 1 is 1.04 bits per heavy atom. The predicted octanol–water partition coefficient (Wildman–Crippen LogP) is 5.06. The number of carboxylic acids is 1. The summed E-state index contributed by atoms with van der Waals surface area (Å²) in [6.45, 7) is 0.390. The lowest BCUT2D eigenvalue weighted by Gasteiger charge is -2.08. The first-order chi connectivity index (χ1) is 13.1. The van der Waals surface area contributed by atoms with E-state index in [1.165, 1.54) is 6.07 Å². The number of carbonyl (C=O) groups is 1. The van der Waals surface area contributed by atoms with Gasteiger partial charge in [-0.2, -0.15) is 5.10 Å². The van der Waals surface area contributed by atoms with Crippen LogP contribution in [0, 0.1) is 0 Å². The maximum atomic E-state index is 11.2. The number of para-hydroxylation sites is 1. The van der Waals surface area contributed by atoms with Crippen molar-refractivity contribution in [1.82, 2.24) is 0 Å². The van der Waals surface area contributed by atoms with E-state index in [0.29, 0.717) is 17.3 Å². The Labute approximate surface area is 161 Å². The number of ether oxygens (including phenoxy) is 1. The average Bonchev–Trinajstić information content (AvgIpc) is 2.69. The van der Waals surface area contributed by atoms with Gasteiger partial charge >= 0.3 is 5.97 Å². The van der Waals surface area contributed by atoms with Gasteiger partial charge in [-0.3, -0.25) is 5.43 Å². The summed E-state index contributed by atoms with van der Waals surface area (Å²) in [4.78, 5) is 11.2. The molecule has 0 bridgehead atoms. The molecule has 6 heteroatoms. The Hall–Kier alpha value is -3.31. The molecule has 3 aromatic carbocycles. The number of benzene rings is 3. The highest BCUT2D eigenvalue weighted by Gasteiger charge is 2.07. The standard InChI is InChI=1S/C21H17ClN2O3/c22-19-7-3-1-5-16(19)14-27-17-11-9-15(10-12-17)13-23-24-20-8-4-2-6-18(20)21(25)26/h1-13,24H,14H2,(H,25,26)/b23-13+. The Morgan fingerprint density at radius 2 is 1.74 bits per heavy atom. The highest BCUT2D eigenvalue weighted by Crippen LogP contribution is 2.19. The zero-order valence-corrected chi connectivity index (χ0v) is 15.1. The number of hydrogen-bond acceptors (Lipinski definition) is 4. The van der Waals surface area contributed by atoms with Crippen molar-refractivity contribution in [2.75, 3.05) is 5.43 Å². The summed E-state index contributed by atoms with van der Waals surface area (Å²) in [6, 6.07) is 21.5. The molecule has 0 atom stereocenters. The second-order valence-electron chi connectivity index (χ2n) is 5.67. The molecule has 2 N–H and O–H groups in total. The number of hydrogen-bond donors (Lipinski definition) is 2. The molecule has 0 saturated carbocycles. The fourth-order valence-electron chi connectivity index (χ4n) is 2.37. The lowest BCUT2D eigenvalue weighted by atomic mass is 10.2. The number of halogens is 1. The third-order valence-corrected chi connectivity index (χ3v) is 4.16. The van der Waals surface area contributed by atoms with E-state index in [-0.39, 0.29) is 5.56 Å². The second kappa shape index (κ2) is 8.87. The fourth-order valence-corrected chi connectivity index (χ4v) is 2.56. The highest BCUT2D eigenvalue weighted by atomic mass is 35.5. The Bertz CT molecular complexity index is 956. The minimum atomic E-state index is -1.01. The normalized spacial score (nSPS) is 10.7. The van der Waals surface area contributed by atoms with E-state index >= 15 is 0 Å². The third-order valence-electron chi connectivity index (χ3n) is 3.79. The zero-order chi connectivity index (χ0) is 19.1. The van der Waals surface area contributed by atoms with E-state index < -0.39 is 5.97 Å². The van der Waals surface area contributed by atoms with Crippen LogP contribution in [0.3, 0.4) is 0 Å². The molecule has 0 aromatic heterocycles. The third kappa shape index (κ3) is 5.09. The van der Waals surface area contributed by atoms with Crippen molar-refractivity contribution in [2.24, 2.45) is 5.10 Å². The van der Waals surface area contributed by atoms with E-state index in [4.69, 9.17) is 21.4 Å². The number of anilines is 1. The summed E-state index contributed by atoms with van der Waals surface area (Å²) in [5, 5.41) is 13.9. The molecule has 136 valence electrons. The number of nitrogens with zero attached hydrogens (tertiary/aromatic N) is 1. The molecule has 0 heterocycles. The van der Waals surface area contributed by atoms with Crippen molar-refractivity contribution < 1.29 is 14.6 Å². The monoisotopic (exact) mass is 380 g/mol. The molecule has 3 rings (SSSR count). The topological polar surface area (TPSA) is 70.9 Å². The molecule has 0 aliphatic rings. The minimum Gasteiger partial charge on any atom is -0.489 e. The van der Waals surface area contributed by atoms with Crippen LogP contribution in [-0.2, 0) is 6.61 Å². The van der Waals surface area contributed by atoms with Crippen molar-refractivity contribution in [3.8, 4) is 5.75 Å². The molecule has 0 aliphatic heterocycles. The Balaban J connectivity index is 1.58. The van der Waals surface area contributed by atoms with Crippen molar-refractivity contribution in [3.05, 3.63) is 94.5 Å². The van der Waals surface area contributed by atoms with Crippen LogP contribution in [0.2, 0.25) is 5.02 Å². The van der Waals surface area contributed by atoms with Crippen molar-refractivity contribution in [1.29, 1.82) is 0 Å². The van der Waals surface area contributed by atoms with Gasteiger partial charge in [-0.25, -0.2) is 4.79 Å². The van der Waals surface area contributed by atoms with Gasteiger partial charge in [-0.05, 0) is 48.0 Å². The molecule has 0 saturated heterocycles. The maximum Gasteiger partial charge on any atom is 0.337 e. The van der Waals surface area contributed by atoms with Crippen molar-refractivity contribution in [2.45, 2.75) is 6.61 Å². The molecular weight excluding hydrogens is 364 g/mol. The quantitative estimate of drug-likeness (QED) is 0.443. The van der Waals surface area contributed by atoms with Gasteiger partial charge in [0.1, 0.15) is 12.4 Å². The summed E-state index contributed by atoms with van der Waals surface area (Å²) >= 11 is 6.11. The van der Waals surface area contributed by atoms with Gasteiger partial charge in [0.15, 0.2) is 0 Å². The maximum absolute atomic E-state index is 11.2. The smallest absolute Gasteiger partial charge is 0.337 e. The van der Waals surface area contributed by atoms with Gasteiger partial charge in [0.05, 0.1) is 17.5 Å². The van der Waals surface area contributed by atoms with Crippen LogP contribution < -0.4 is 10.2 Å². The number of carboxylic acid groups (broad SMARTS) is 1. The molecule has 0 fully saturated rings. The van der Waals surface area contributed by atoms with Crippen LogP contribution in [0.5, 0.6) is 5.75 Å². The molecule has 27 heavy (non-hydrogen) atoms. The van der Waals surface area contributed by atoms with Crippen molar-refractivity contribution >= 4 is 29.5 Å². The van der Waals surface area contributed by atoms with Gasteiger partial charge in [-0.15, -0.1) is 0 Å². The first-order valence-electron chi connectivity index (χ1n) is 8.21. The predicted molar refractivity (Wildman–Crippen MR) is 107 cm³/mol. The average molecular weight is 381 g/mol. The number of rotatable bonds is 7.